The molecule has 0 aromatic heterocycles. The fourth-order valence-electron chi connectivity index (χ4n) is 9.89. The number of benzene rings is 8. The van der Waals surface area contributed by atoms with E-state index in [-0.39, 0.29) is 24.8 Å². The van der Waals surface area contributed by atoms with Gasteiger partial charge in [0, 0.05) is 0 Å². The Labute approximate surface area is 483 Å². The van der Waals surface area contributed by atoms with Gasteiger partial charge in [0.15, 0.2) is 0 Å². The molecule has 0 amide bonds. The number of hydrogen-bond acceptors (Lipinski definition) is 0. The molecule has 0 nitrogen and oxygen atoms in total. The van der Waals surface area contributed by atoms with Gasteiger partial charge in [-0.1, -0.05) is 196 Å². The van der Waals surface area contributed by atoms with Gasteiger partial charge in [0.1, 0.15) is 0 Å². The van der Waals surface area contributed by atoms with Crippen molar-refractivity contribution in [2.45, 2.75) is 51.4 Å². The minimum Gasteiger partial charge on any atom is -1.00 e. The molecule has 0 aliphatic heterocycles. The van der Waals surface area contributed by atoms with Crippen molar-refractivity contribution in [1.29, 1.82) is 0 Å². The van der Waals surface area contributed by atoms with Crippen molar-refractivity contribution < 1.29 is 73.3 Å². The first-order valence-electron chi connectivity index (χ1n) is 24.9. The van der Waals surface area contributed by atoms with Crippen molar-refractivity contribution in [3.63, 3.8) is 0 Å². The third kappa shape index (κ3) is 14.8. The average Bonchev–Trinajstić information content (AvgIpc) is 4.30. The summed E-state index contributed by atoms with van der Waals surface area (Å²) in [4.78, 5) is 0. The van der Waals surface area contributed by atoms with E-state index in [0.717, 1.165) is 0 Å². The molecule has 4 unspecified atom stereocenters. The van der Waals surface area contributed by atoms with Crippen LogP contribution in [0.5, 0.6) is 0 Å². The Bertz CT molecular complexity index is 2990. The molecule has 74 heavy (non-hydrogen) atoms. The molecule has 0 saturated heterocycles. The molecule has 368 valence electrons. The second-order valence-electron chi connectivity index (χ2n) is 18.0. The molecule has 12 aromatic rings. The van der Waals surface area contributed by atoms with E-state index < -0.39 is 0 Å². The summed E-state index contributed by atoms with van der Waals surface area (Å²) in [5.41, 5.74) is 11.2. The Balaban J connectivity index is 0.000000177. The van der Waals surface area contributed by atoms with E-state index in [0.29, 0.717) is 23.7 Å². The van der Waals surface area contributed by atoms with Crippen LogP contribution in [0.15, 0.2) is 267 Å². The van der Waals surface area contributed by atoms with Gasteiger partial charge in [0.2, 0.25) is 0 Å². The molecular weight excluding hydrogens is 1090 g/mol. The molecule has 12 rings (SSSR count). The second-order valence-corrected chi connectivity index (χ2v) is 18.0. The third-order valence-corrected chi connectivity index (χ3v) is 13.9. The van der Waals surface area contributed by atoms with Crippen molar-refractivity contribution >= 4 is 51.5 Å². The zero-order valence-corrected chi connectivity index (χ0v) is 49.3. The van der Waals surface area contributed by atoms with Gasteiger partial charge in [-0.2, -0.15) is 0 Å². The van der Waals surface area contributed by atoms with Crippen LogP contribution in [0.1, 0.15) is 95.9 Å². The number of hydrogen-bond donors (Lipinski definition) is 0. The molecule has 0 N–H and O–H groups in total. The van der Waals surface area contributed by atoms with E-state index in [4.69, 9.17) is 0 Å². The largest absolute Gasteiger partial charge is 1.00 e. The SMILES string of the molecule is CC(c1ccccc1)c1c[cH-]c2ccccc12.CC(c1ccccc1)c1c[cH-]c2ccccc12.CC(c1ccccc1)c1c[cH-]c2ccccc12.CC(c1ccccc1)c1c[cH-]c2ccccc12.[CH2]=[Zr+2].[CH2]=[Zr+2].[Cl-].[Cl-]. The van der Waals surface area contributed by atoms with Crippen molar-refractivity contribution in [2.24, 2.45) is 0 Å². The van der Waals surface area contributed by atoms with E-state index in [1.54, 1.807) is 0 Å². The quantitative estimate of drug-likeness (QED) is 0.133. The van der Waals surface area contributed by atoms with Gasteiger partial charge in [-0.15, -0.1) is 187 Å². The Morgan fingerprint density at radius 2 is 0.419 bits per heavy atom. The molecule has 0 heterocycles. The fraction of sp³-hybridized carbons (Fsp3) is 0.114. The van der Waals surface area contributed by atoms with Crippen LogP contribution in [0.4, 0.5) is 0 Å². The van der Waals surface area contributed by atoms with E-state index in [2.05, 4.69) is 303 Å². The Hall–Kier alpha value is -5.71. The molecule has 12 aromatic carbocycles. The summed E-state index contributed by atoms with van der Waals surface area (Å²) in [6.45, 7) is 9.10. The normalized spacial score (nSPS) is 11.9. The smallest absolute Gasteiger partial charge is 1.00 e. The Morgan fingerprint density at radius 1 is 0.257 bits per heavy atom. The van der Waals surface area contributed by atoms with Crippen LogP contribution >= 0.6 is 0 Å². The second kappa shape index (κ2) is 30.6. The molecule has 0 saturated carbocycles. The van der Waals surface area contributed by atoms with Crippen molar-refractivity contribution in [3.05, 3.63) is 311 Å². The van der Waals surface area contributed by atoms with Crippen LogP contribution in [0.3, 0.4) is 0 Å². The van der Waals surface area contributed by atoms with Crippen LogP contribution in [0.2, 0.25) is 0 Å². The predicted octanol–water partition coefficient (Wildman–Crippen LogP) is 12.8. The minimum atomic E-state index is 0. The first-order chi connectivity index (χ1) is 35.4. The van der Waals surface area contributed by atoms with Gasteiger partial charge in [-0.05, 0) is 23.7 Å². The van der Waals surface area contributed by atoms with Gasteiger partial charge >= 0.3 is 56.9 Å². The molecule has 0 bridgehead atoms. The maximum absolute atomic E-state index is 3.34. The Kier molecular flexibility index (Phi) is 24.5. The summed E-state index contributed by atoms with van der Waals surface area (Å²) < 4.78 is 6.68. The number of rotatable bonds is 8. The summed E-state index contributed by atoms with van der Waals surface area (Å²) in [7, 11) is 0. The minimum absolute atomic E-state index is 0. The molecule has 0 radical (unpaired) electrons. The van der Waals surface area contributed by atoms with Crippen LogP contribution in [0.25, 0.3) is 43.1 Å². The molecule has 4 heteroatoms. The molecule has 4 atom stereocenters. The van der Waals surface area contributed by atoms with Crippen molar-refractivity contribution in [1.82, 2.24) is 0 Å². The van der Waals surface area contributed by atoms with Gasteiger partial charge < -0.3 is 24.8 Å². The summed E-state index contributed by atoms with van der Waals surface area (Å²) in [5.74, 6) is 1.82. The standard InChI is InChI=1S/4C17H15.2CH2.2ClH.2Zr/c4*1-13(14-7-3-2-4-8-14)16-12-11-15-9-5-6-10-17(15)16;;;;;;/h4*2-13H,1H3;2*1H2;2*1H;;/q4*-1;;;;;2*+2/p-2. The molecule has 0 aliphatic rings. The van der Waals surface area contributed by atoms with E-state index >= 15 is 0 Å². The zero-order chi connectivity index (χ0) is 50.7. The van der Waals surface area contributed by atoms with E-state index in [1.807, 2.05) is 0 Å². The summed E-state index contributed by atoms with van der Waals surface area (Å²) in [5, 5.41) is 10.9. The number of halogens is 2. The van der Waals surface area contributed by atoms with Crippen molar-refractivity contribution in [3.8, 4) is 0 Å². The molecular formula is C70H64Cl2Zr2-2. The van der Waals surface area contributed by atoms with E-state index in [9.17, 15) is 0 Å². The van der Waals surface area contributed by atoms with Gasteiger partial charge in [-0.3, -0.25) is 0 Å². The Morgan fingerprint density at radius 3 is 0.608 bits per heavy atom. The molecule has 0 spiro atoms. The van der Waals surface area contributed by atoms with Gasteiger partial charge in [-0.25, -0.2) is 0 Å². The monoisotopic (exact) mass is 1150 g/mol. The number of fused-ring (bicyclic) bond motifs is 4. The maximum atomic E-state index is 3.34. The van der Waals surface area contributed by atoms with Crippen LogP contribution in [-0.2, 0) is 48.5 Å². The van der Waals surface area contributed by atoms with E-state index in [1.165, 1.54) is 136 Å². The summed E-state index contributed by atoms with van der Waals surface area (Å²) in [6, 6.07) is 95.0. The first kappa shape index (κ1) is 59.2. The average molecular weight is 1160 g/mol. The topological polar surface area (TPSA) is 0 Å². The van der Waals surface area contributed by atoms with Crippen LogP contribution in [0, 0.1) is 0 Å². The predicted molar refractivity (Wildman–Crippen MR) is 308 cm³/mol. The van der Waals surface area contributed by atoms with Gasteiger partial charge in [0.05, 0.1) is 0 Å². The van der Waals surface area contributed by atoms with Crippen LogP contribution in [-0.4, -0.2) is 8.42 Å². The van der Waals surface area contributed by atoms with Gasteiger partial charge in [0.25, 0.3) is 0 Å². The summed E-state index contributed by atoms with van der Waals surface area (Å²) in [6.07, 6.45) is 0. The van der Waals surface area contributed by atoms with Crippen molar-refractivity contribution in [2.75, 3.05) is 0 Å². The summed E-state index contributed by atoms with van der Waals surface area (Å²) >= 11 is 2.60. The molecule has 0 fully saturated rings. The fourth-order valence-corrected chi connectivity index (χ4v) is 9.89. The molecule has 0 aliphatic carbocycles. The zero-order valence-electron chi connectivity index (χ0n) is 42.9. The van der Waals surface area contributed by atoms with Crippen LogP contribution < -0.4 is 24.8 Å². The first-order valence-corrected chi connectivity index (χ1v) is 28.4. The third-order valence-electron chi connectivity index (χ3n) is 13.9. The maximum Gasteiger partial charge on any atom is -1.00 e.